The number of carboxylic acids is 1. The van der Waals surface area contributed by atoms with Gasteiger partial charge in [0, 0.05) is 30.5 Å². The minimum Gasteiger partial charge on any atom is -0.489 e. The monoisotopic (exact) mass is 561 g/mol. The van der Waals surface area contributed by atoms with E-state index in [0.717, 1.165) is 22.3 Å². The van der Waals surface area contributed by atoms with Gasteiger partial charge in [0.1, 0.15) is 23.5 Å². The van der Waals surface area contributed by atoms with Crippen molar-refractivity contribution in [1.82, 2.24) is 5.32 Å². The lowest BCUT2D eigenvalue weighted by Gasteiger charge is -2.19. The minimum atomic E-state index is -1.16. The van der Waals surface area contributed by atoms with Gasteiger partial charge in [0.05, 0.1) is 0 Å². The maximum absolute atomic E-state index is 12.1. The van der Waals surface area contributed by atoms with Gasteiger partial charge < -0.3 is 34.2 Å². The number of amides is 1. The molecule has 0 radical (unpaired) electrons. The first-order valence-corrected chi connectivity index (χ1v) is 13.4. The fraction of sp³-hybridized carbons (Fsp3) is 0.312. The Hall–Kier alpha value is -4.34. The molecule has 0 spiro atoms. The number of para-hydroxylation sites is 1. The Morgan fingerprint density at radius 1 is 1.00 bits per heavy atom. The van der Waals surface area contributed by atoms with Gasteiger partial charge >= 0.3 is 12.1 Å². The second-order valence-electron chi connectivity index (χ2n) is 10.5. The lowest BCUT2D eigenvalue weighted by molar-refractivity contribution is -0.0930. The number of hydrogen-bond acceptors (Lipinski definition) is 7. The van der Waals surface area contributed by atoms with E-state index in [9.17, 15) is 19.8 Å². The van der Waals surface area contributed by atoms with Crippen molar-refractivity contribution in [2.24, 2.45) is 0 Å². The number of furan rings is 1. The summed E-state index contributed by atoms with van der Waals surface area (Å²) in [6.07, 6.45) is -1.18. The van der Waals surface area contributed by atoms with E-state index in [-0.39, 0.29) is 25.3 Å². The van der Waals surface area contributed by atoms with E-state index >= 15 is 0 Å². The van der Waals surface area contributed by atoms with Gasteiger partial charge in [-0.15, -0.1) is 0 Å². The summed E-state index contributed by atoms with van der Waals surface area (Å²) >= 11 is 0. The lowest BCUT2D eigenvalue weighted by atomic mass is 9.99. The Morgan fingerprint density at radius 2 is 1.78 bits per heavy atom. The van der Waals surface area contributed by atoms with Gasteiger partial charge in [0.15, 0.2) is 6.29 Å². The van der Waals surface area contributed by atoms with E-state index in [2.05, 4.69) is 5.32 Å². The number of fused-ring (bicyclic) bond motifs is 1. The number of ether oxygens (including phenoxy) is 3. The zero-order chi connectivity index (χ0) is 29.6. The number of carbonyl (C=O) groups is 2. The normalized spacial score (nSPS) is 12.2. The highest BCUT2D eigenvalue weighted by Crippen LogP contribution is 2.34. The summed E-state index contributed by atoms with van der Waals surface area (Å²) in [7, 11) is 0. The maximum Gasteiger partial charge on any atom is 0.407 e. The molecule has 3 aromatic carbocycles. The number of alkyl carbamates (subject to hydrolysis) is 1. The molecule has 3 N–H and O–H groups in total. The molecule has 0 saturated heterocycles. The van der Waals surface area contributed by atoms with Crippen LogP contribution in [0.4, 0.5) is 4.79 Å². The van der Waals surface area contributed by atoms with Crippen LogP contribution in [-0.4, -0.2) is 40.8 Å². The molecule has 0 bridgehead atoms. The molecule has 4 aromatic rings. The number of aliphatic hydroxyl groups excluding tert-OH is 1. The second-order valence-corrected chi connectivity index (χ2v) is 10.5. The van der Waals surface area contributed by atoms with Gasteiger partial charge in [-0.1, -0.05) is 36.4 Å². The van der Waals surface area contributed by atoms with Crippen molar-refractivity contribution in [2.75, 3.05) is 6.61 Å². The van der Waals surface area contributed by atoms with Crippen LogP contribution < -0.4 is 10.1 Å². The highest BCUT2D eigenvalue weighted by Gasteiger charge is 2.18. The Balaban J connectivity index is 1.62. The van der Waals surface area contributed by atoms with Crippen molar-refractivity contribution in [1.29, 1.82) is 0 Å². The van der Waals surface area contributed by atoms with E-state index in [4.69, 9.17) is 18.6 Å². The third kappa shape index (κ3) is 8.09. The average molecular weight is 562 g/mol. The van der Waals surface area contributed by atoms with E-state index in [0.29, 0.717) is 28.9 Å². The molecule has 1 aromatic heterocycles. The van der Waals surface area contributed by atoms with Crippen LogP contribution in [0.25, 0.3) is 22.1 Å². The Kier molecular flexibility index (Phi) is 9.31. The van der Waals surface area contributed by atoms with Crippen molar-refractivity contribution in [2.45, 2.75) is 59.2 Å². The van der Waals surface area contributed by atoms with Gasteiger partial charge in [-0.25, -0.2) is 9.59 Å². The van der Waals surface area contributed by atoms with Gasteiger partial charge in [0.2, 0.25) is 5.76 Å². The lowest BCUT2D eigenvalue weighted by Crippen LogP contribution is -2.32. The zero-order valence-electron chi connectivity index (χ0n) is 23.6. The van der Waals surface area contributed by atoms with Crippen LogP contribution in [0.3, 0.4) is 0 Å². The van der Waals surface area contributed by atoms with Crippen molar-refractivity contribution >= 4 is 23.0 Å². The van der Waals surface area contributed by atoms with E-state index in [1.54, 1.807) is 20.8 Å². The standard InChI is InChI=1S/C32H35NO8/c1-5-38-28(34)17-23-10-6-7-12-26(23)39-19-21-14-24-16-27(30(35)36)40-29(24)25(15-21)22-11-8-9-20(13-22)18-33-31(37)41-32(2,3)4/h6-16,28,34H,5,17-19H2,1-4H3,(H,33,37)(H,35,36). The fourth-order valence-electron chi connectivity index (χ4n) is 4.37. The third-order valence-corrected chi connectivity index (χ3v) is 6.08. The molecule has 41 heavy (non-hydrogen) atoms. The number of carbonyl (C=O) groups excluding carboxylic acids is 1. The van der Waals surface area contributed by atoms with Crippen LogP contribution in [0.5, 0.6) is 5.75 Å². The van der Waals surface area contributed by atoms with E-state index in [1.807, 2.05) is 67.6 Å². The van der Waals surface area contributed by atoms with Gasteiger partial charge in [-0.2, -0.15) is 0 Å². The molecule has 4 rings (SSSR count). The topological polar surface area (TPSA) is 127 Å². The molecule has 9 heteroatoms. The van der Waals surface area contributed by atoms with Gasteiger partial charge in [0.25, 0.3) is 0 Å². The molecule has 0 saturated carbocycles. The first-order chi connectivity index (χ1) is 19.5. The average Bonchev–Trinajstić information content (AvgIpc) is 3.35. The quantitative estimate of drug-likeness (QED) is 0.182. The van der Waals surface area contributed by atoms with Crippen molar-refractivity contribution in [3.63, 3.8) is 0 Å². The van der Waals surface area contributed by atoms with Crippen molar-refractivity contribution < 1.29 is 38.4 Å². The van der Waals surface area contributed by atoms with Crippen LogP contribution in [0.15, 0.2) is 71.1 Å². The van der Waals surface area contributed by atoms with Crippen LogP contribution in [0, 0.1) is 0 Å². The number of nitrogens with one attached hydrogen (secondary N) is 1. The highest BCUT2D eigenvalue weighted by atomic mass is 16.6. The molecule has 1 unspecified atom stereocenters. The number of benzene rings is 3. The molecule has 0 aliphatic carbocycles. The first-order valence-electron chi connectivity index (χ1n) is 13.4. The summed E-state index contributed by atoms with van der Waals surface area (Å²) in [5, 5.41) is 23.0. The Labute approximate surface area is 238 Å². The van der Waals surface area contributed by atoms with E-state index < -0.39 is 24.0 Å². The summed E-state index contributed by atoms with van der Waals surface area (Å²) in [6.45, 7) is 8.05. The molecule has 1 atom stereocenters. The van der Waals surface area contributed by atoms with E-state index in [1.165, 1.54) is 6.07 Å². The molecule has 1 amide bonds. The largest absolute Gasteiger partial charge is 0.489 e. The summed E-state index contributed by atoms with van der Waals surface area (Å²) in [5.74, 6) is -0.721. The number of rotatable bonds is 11. The van der Waals surface area contributed by atoms with Gasteiger partial charge in [-0.05, 0) is 80.3 Å². The molecule has 0 aliphatic rings. The minimum absolute atomic E-state index is 0.169. The van der Waals surface area contributed by atoms with Crippen LogP contribution in [0.2, 0.25) is 0 Å². The molecule has 0 aliphatic heterocycles. The zero-order valence-corrected chi connectivity index (χ0v) is 23.6. The molecule has 9 nitrogen and oxygen atoms in total. The Bertz CT molecular complexity index is 1520. The Morgan fingerprint density at radius 3 is 2.51 bits per heavy atom. The van der Waals surface area contributed by atoms with Gasteiger partial charge in [-0.3, -0.25) is 0 Å². The molecular weight excluding hydrogens is 526 g/mol. The van der Waals surface area contributed by atoms with Crippen molar-refractivity contribution in [3.8, 4) is 16.9 Å². The SMILES string of the molecule is CCOC(O)Cc1ccccc1OCc1cc(-c2cccc(CNC(=O)OC(C)(C)C)c2)c2oc(C(=O)O)cc2c1. The van der Waals surface area contributed by atoms with Crippen LogP contribution in [0.1, 0.15) is 54.9 Å². The highest BCUT2D eigenvalue weighted by molar-refractivity contribution is 5.98. The van der Waals surface area contributed by atoms with Crippen LogP contribution >= 0.6 is 0 Å². The summed E-state index contributed by atoms with van der Waals surface area (Å²) < 4.78 is 22.5. The number of carboxylic acid groups (broad SMARTS) is 1. The molecule has 1 heterocycles. The molecule has 0 fully saturated rings. The molecule has 216 valence electrons. The molecular formula is C32H35NO8. The van der Waals surface area contributed by atoms with Crippen LogP contribution in [-0.2, 0) is 29.0 Å². The summed E-state index contributed by atoms with van der Waals surface area (Å²) in [5.41, 5.74) is 3.72. The predicted octanol–water partition coefficient (Wildman–Crippen LogP) is 6.30. The summed E-state index contributed by atoms with van der Waals surface area (Å²) in [4.78, 5) is 23.8. The predicted molar refractivity (Wildman–Crippen MR) is 154 cm³/mol. The summed E-state index contributed by atoms with van der Waals surface area (Å²) in [6, 6.07) is 20.2. The smallest absolute Gasteiger partial charge is 0.407 e. The maximum atomic E-state index is 12.1. The fourth-order valence-corrected chi connectivity index (χ4v) is 4.37. The first kappa shape index (κ1) is 29.6. The number of aromatic carboxylic acids is 1. The number of hydrogen-bond donors (Lipinski definition) is 3. The van der Waals surface area contributed by atoms with Crippen molar-refractivity contribution in [3.05, 3.63) is 89.2 Å². The number of aliphatic hydroxyl groups is 1. The third-order valence-electron chi connectivity index (χ3n) is 6.08. The second kappa shape index (κ2) is 12.9.